The Kier molecular flexibility index (Phi) is 4.31. The summed E-state index contributed by atoms with van der Waals surface area (Å²) in [6.07, 6.45) is 0.645. The van der Waals surface area contributed by atoms with E-state index in [2.05, 4.69) is 0 Å². The molecule has 15 heavy (non-hydrogen) atoms. The molecule has 0 aromatic heterocycles. The van der Waals surface area contributed by atoms with Crippen molar-refractivity contribution in [3.8, 4) is 0 Å². The molecule has 3 heteroatoms. The molecule has 1 atom stereocenters. The molecule has 0 unspecified atom stereocenters. The van der Waals surface area contributed by atoms with E-state index >= 15 is 0 Å². The lowest BCUT2D eigenvalue weighted by Crippen LogP contribution is -2.20. The minimum atomic E-state index is -0.747. The van der Waals surface area contributed by atoms with Crippen LogP contribution in [0.5, 0.6) is 0 Å². The summed E-state index contributed by atoms with van der Waals surface area (Å²) in [4.78, 5) is 13.1. The van der Waals surface area contributed by atoms with Crippen LogP contribution in [0.15, 0.2) is 30.3 Å². The lowest BCUT2D eigenvalue weighted by Gasteiger charge is -2.15. The Morgan fingerprint density at radius 1 is 1.33 bits per heavy atom. The normalized spacial score (nSPS) is 12.7. The number of hydrogen-bond acceptors (Lipinski definition) is 2. The van der Waals surface area contributed by atoms with Crippen molar-refractivity contribution in [3.05, 3.63) is 35.9 Å². The highest BCUT2D eigenvalue weighted by atomic mass is 16.4. The Morgan fingerprint density at radius 3 is 2.40 bits per heavy atom. The largest absolute Gasteiger partial charge is 0.481 e. The van der Waals surface area contributed by atoms with Gasteiger partial charge in [0.15, 0.2) is 0 Å². The minimum absolute atomic E-state index is 0.395. The summed E-state index contributed by atoms with van der Waals surface area (Å²) < 4.78 is 0. The first-order chi connectivity index (χ1) is 7.11. The molecule has 0 aliphatic heterocycles. The lowest BCUT2D eigenvalue weighted by molar-refractivity contribution is -0.139. The van der Waals surface area contributed by atoms with E-state index in [-0.39, 0.29) is 0 Å². The highest BCUT2D eigenvalue weighted by Gasteiger charge is 2.18. The van der Waals surface area contributed by atoms with E-state index in [1.54, 1.807) is 0 Å². The van der Waals surface area contributed by atoms with Crippen molar-refractivity contribution < 1.29 is 9.90 Å². The molecule has 0 amide bonds. The van der Waals surface area contributed by atoms with Crippen LogP contribution in [0.1, 0.15) is 17.9 Å². The summed E-state index contributed by atoms with van der Waals surface area (Å²) in [6.45, 7) is 0.784. The first-order valence-corrected chi connectivity index (χ1v) is 5.03. The van der Waals surface area contributed by atoms with Crippen molar-refractivity contribution in [1.82, 2.24) is 4.90 Å². The van der Waals surface area contributed by atoms with E-state index in [1.165, 1.54) is 0 Å². The molecule has 1 rings (SSSR count). The average molecular weight is 207 g/mol. The number of hydrogen-bond donors (Lipinski definition) is 1. The Balaban J connectivity index is 2.71. The topological polar surface area (TPSA) is 40.5 Å². The van der Waals surface area contributed by atoms with Gasteiger partial charge in [-0.25, -0.2) is 0 Å². The first kappa shape index (κ1) is 11.7. The molecule has 0 saturated carbocycles. The van der Waals surface area contributed by atoms with Crippen molar-refractivity contribution in [1.29, 1.82) is 0 Å². The van der Waals surface area contributed by atoms with E-state index in [9.17, 15) is 4.79 Å². The Labute approximate surface area is 90.3 Å². The number of carbonyl (C=O) groups is 1. The van der Waals surface area contributed by atoms with Crippen molar-refractivity contribution in [2.75, 3.05) is 20.6 Å². The zero-order valence-corrected chi connectivity index (χ0v) is 9.18. The third kappa shape index (κ3) is 3.72. The smallest absolute Gasteiger partial charge is 0.311 e. The second-order valence-corrected chi connectivity index (χ2v) is 3.89. The maximum Gasteiger partial charge on any atom is 0.311 e. The zero-order chi connectivity index (χ0) is 11.3. The summed E-state index contributed by atoms with van der Waals surface area (Å²) in [7, 11) is 3.90. The van der Waals surface area contributed by atoms with Gasteiger partial charge in [0.25, 0.3) is 0 Å². The lowest BCUT2D eigenvalue weighted by atomic mass is 9.96. The van der Waals surface area contributed by atoms with Crippen LogP contribution in [0.25, 0.3) is 0 Å². The van der Waals surface area contributed by atoms with Gasteiger partial charge in [-0.1, -0.05) is 30.3 Å². The summed E-state index contributed by atoms with van der Waals surface area (Å²) in [5, 5.41) is 9.12. The third-order valence-corrected chi connectivity index (χ3v) is 2.37. The van der Waals surface area contributed by atoms with E-state index in [1.807, 2.05) is 49.3 Å². The summed E-state index contributed by atoms with van der Waals surface area (Å²) in [5.41, 5.74) is 0.881. The van der Waals surface area contributed by atoms with Gasteiger partial charge in [0.05, 0.1) is 5.92 Å². The van der Waals surface area contributed by atoms with Gasteiger partial charge >= 0.3 is 5.97 Å². The average Bonchev–Trinajstić information content (AvgIpc) is 2.18. The van der Waals surface area contributed by atoms with Gasteiger partial charge in [0, 0.05) is 0 Å². The Morgan fingerprint density at radius 2 is 1.93 bits per heavy atom. The molecule has 0 heterocycles. The summed E-state index contributed by atoms with van der Waals surface area (Å²) in [6, 6.07) is 9.39. The SMILES string of the molecule is CN(C)CC[C@@H](C(=O)O)c1ccccc1. The van der Waals surface area contributed by atoms with Crippen molar-refractivity contribution in [3.63, 3.8) is 0 Å². The van der Waals surface area contributed by atoms with Gasteiger partial charge in [-0.2, -0.15) is 0 Å². The molecular formula is C12H17NO2. The number of aliphatic carboxylic acids is 1. The van der Waals surface area contributed by atoms with Gasteiger partial charge < -0.3 is 10.0 Å². The van der Waals surface area contributed by atoms with Gasteiger partial charge in [0.1, 0.15) is 0 Å². The number of carboxylic acid groups (broad SMARTS) is 1. The van der Waals surface area contributed by atoms with Crippen molar-refractivity contribution in [2.24, 2.45) is 0 Å². The minimum Gasteiger partial charge on any atom is -0.481 e. The van der Waals surface area contributed by atoms with Crippen LogP contribution in [0.3, 0.4) is 0 Å². The highest BCUT2D eigenvalue weighted by molar-refractivity contribution is 5.76. The van der Waals surface area contributed by atoms with Crippen molar-refractivity contribution in [2.45, 2.75) is 12.3 Å². The van der Waals surface area contributed by atoms with E-state index in [4.69, 9.17) is 5.11 Å². The number of nitrogens with zero attached hydrogens (tertiary/aromatic N) is 1. The molecule has 0 saturated heterocycles. The molecule has 0 aliphatic rings. The fourth-order valence-electron chi connectivity index (χ4n) is 1.51. The van der Waals surface area contributed by atoms with Crippen LogP contribution in [0.4, 0.5) is 0 Å². The highest BCUT2D eigenvalue weighted by Crippen LogP contribution is 2.19. The molecule has 0 spiro atoms. The molecule has 0 fully saturated rings. The second-order valence-electron chi connectivity index (χ2n) is 3.89. The van der Waals surface area contributed by atoms with Gasteiger partial charge in [-0.05, 0) is 32.6 Å². The fraction of sp³-hybridized carbons (Fsp3) is 0.417. The summed E-state index contributed by atoms with van der Waals surface area (Å²) in [5.74, 6) is -1.14. The molecule has 0 aliphatic carbocycles. The van der Waals surface area contributed by atoms with E-state index < -0.39 is 11.9 Å². The Bertz CT molecular complexity index is 309. The van der Waals surface area contributed by atoms with Crippen LogP contribution < -0.4 is 0 Å². The molecule has 0 bridgehead atoms. The zero-order valence-electron chi connectivity index (χ0n) is 9.18. The Hall–Kier alpha value is -1.35. The van der Waals surface area contributed by atoms with Crippen LogP contribution in [0, 0.1) is 0 Å². The molecule has 0 radical (unpaired) electrons. The number of carboxylic acids is 1. The molecule has 1 aromatic carbocycles. The molecule has 82 valence electrons. The van der Waals surface area contributed by atoms with Crippen LogP contribution >= 0.6 is 0 Å². The monoisotopic (exact) mass is 207 g/mol. The van der Waals surface area contributed by atoms with Crippen LogP contribution in [-0.4, -0.2) is 36.6 Å². The second kappa shape index (κ2) is 5.51. The fourth-order valence-corrected chi connectivity index (χ4v) is 1.51. The van der Waals surface area contributed by atoms with Crippen LogP contribution in [-0.2, 0) is 4.79 Å². The van der Waals surface area contributed by atoms with E-state index in [0.29, 0.717) is 6.42 Å². The van der Waals surface area contributed by atoms with Gasteiger partial charge in [-0.3, -0.25) is 4.79 Å². The van der Waals surface area contributed by atoms with Crippen LogP contribution in [0.2, 0.25) is 0 Å². The quantitative estimate of drug-likeness (QED) is 0.800. The van der Waals surface area contributed by atoms with Gasteiger partial charge in [0.2, 0.25) is 0 Å². The molecular weight excluding hydrogens is 190 g/mol. The maximum atomic E-state index is 11.1. The number of benzene rings is 1. The standard InChI is InChI=1S/C12H17NO2/c1-13(2)9-8-11(12(14)15)10-6-4-3-5-7-10/h3-7,11H,8-9H2,1-2H3,(H,14,15)/t11-/m1/s1. The van der Waals surface area contributed by atoms with Gasteiger partial charge in [-0.15, -0.1) is 0 Å². The number of rotatable bonds is 5. The molecule has 1 aromatic rings. The maximum absolute atomic E-state index is 11.1. The van der Waals surface area contributed by atoms with E-state index in [0.717, 1.165) is 12.1 Å². The molecule has 3 nitrogen and oxygen atoms in total. The third-order valence-electron chi connectivity index (χ3n) is 2.37. The molecule has 1 N–H and O–H groups in total. The van der Waals surface area contributed by atoms with Crippen molar-refractivity contribution >= 4 is 5.97 Å². The predicted octanol–water partition coefficient (Wildman–Crippen LogP) is 1.81. The first-order valence-electron chi connectivity index (χ1n) is 5.03. The predicted molar refractivity (Wildman–Crippen MR) is 60.0 cm³/mol. The summed E-state index contributed by atoms with van der Waals surface area (Å²) >= 11 is 0.